The van der Waals surface area contributed by atoms with E-state index in [-0.39, 0.29) is 0 Å². The van der Waals surface area contributed by atoms with E-state index in [4.69, 9.17) is 5.73 Å². The van der Waals surface area contributed by atoms with E-state index in [0.29, 0.717) is 5.92 Å². The minimum atomic E-state index is 0.607. The second-order valence-corrected chi connectivity index (χ2v) is 5.93. The summed E-state index contributed by atoms with van der Waals surface area (Å²) in [5.41, 5.74) is 6.09. The van der Waals surface area contributed by atoms with Crippen LogP contribution in [0.4, 0.5) is 0 Å². The number of nitrogens with zero attached hydrogens (tertiary/aromatic N) is 1. The molecule has 2 heteroatoms. The van der Waals surface area contributed by atoms with E-state index in [1.807, 2.05) is 0 Å². The lowest BCUT2D eigenvalue weighted by molar-refractivity contribution is 0.435. The first-order valence-electron chi connectivity index (χ1n) is 7.66. The Bertz CT molecular complexity index is 235. The first kappa shape index (κ1) is 12.9. The summed E-state index contributed by atoms with van der Waals surface area (Å²) in [5, 5.41) is 0. The van der Waals surface area contributed by atoms with E-state index in [1.54, 1.807) is 0 Å². The number of rotatable bonds is 5. The SMILES string of the molecule is NC(=NCCCC1CCCC1)C1CCCCC1. The average molecular weight is 236 g/mol. The molecule has 2 rings (SSSR count). The molecular formula is C15H28N2. The summed E-state index contributed by atoms with van der Waals surface area (Å²) < 4.78 is 0. The van der Waals surface area contributed by atoms with Crippen molar-refractivity contribution in [1.29, 1.82) is 0 Å². The Morgan fingerprint density at radius 2 is 1.59 bits per heavy atom. The van der Waals surface area contributed by atoms with Crippen molar-refractivity contribution in [3.63, 3.8) is 0 Å². The van der Waals surface area contributed by atoms with E-state index in [2.05, 4.69) is 4.99 Å². The van der Waals surface area contributed by atoms with Crippen LogP contribution in [0, 0.1) is 11.8 Å². The second-order valence-electron chi connectivity index (χ2n) is 5.93. The van der Waals surface area contributed by atoms with Gasteiger partial charge in [-0.3, -0.25) is 4.99 Å². The van der Waals surface area contributed by atoms with Gasteiger partial charge in [-0.15, -0.1) is 0 Å². The Balaban J connectivity index is 1.61. The molecule has 0 aliphatic heterocycles. The van der Waals surface area contributed by atoms with Crippen LogP contribution in [0.1, 0.15) is 70.6 Å². The Kier molecular flexibility index (Phi) is 5.34. The average Bonchev–Trinajstić information content (AvgIpc) is 2.88. The topological polar surface area (TPSA) is 38.4 Å². The van der Waals surface area contributed by atoms with Crippen LogP contribution < -0.4 is 5.73 Å². The van der Waals surface area contributed by atoms with E-state index < -0.39 is 0 Å². The number of aliphatic imine (C=N–C) groups is 1. The van der Waals surface area contributed by atoms with Crippen LogP contribution in [-0.2, 0) is 0 Å². The van der Waals surface area contributed by atoms with Crippen molar-refractivity contribution in [2.45, 2.75) is 70.6 Å². The van der Waals surface area contributed by atoms with E-state index >= 15 is 0 Å². The number of nitrogens with two attached hydrogens (primary N) is 1. The van der Waals surface area contributed by atoms with Gasteiger partial charge in [0.25, 0.3) is 0 Å². The van der Waals surface area contributed by atoms with Gasteiger partial charge in [-0.1, -0.05) is 44.9 Å². The predicted molar refractivity (Wildman–Crippen MR) is 74.3 cm³/mol. The minimum Gasteiger partial charge on any atom is -0.387 e. The van der Waals surface area contributed by atoms with Crippen molar-refractivity contribution in [3.05, 3.63) is 0 Å². The molecule has 2 aliphatic rings. The Labute approximate surface area is 106 Å². The van der Waals surface area contributed by atoms with Crippen molar-refractivity contribution < 1.29 is 0 Å². The molecule has 0 atom stereocenters. The molecule has 2 fully saturated rings. The molecule has 0 aromatic heterocycles. The van der Waals surface area contributed by atoms with Gasteiger partial charge in [-0.2, -0.15) is 0 Å². The molecule has 0 radical (unpaired) electrons. The summed E-state index contributed by atoms with van der Waals surface area (Å²) >= 11 is 0. The summed E-state index contributed by atoms with van der Waals surface area (Å²) in [6, 6.07) is 0. The molecule has 2 N–H and O–H groups in total. The standard InChI is InChI=1S/C15H28N2/c16-15(14-10-2-1-3-11-14)17-12-6-9-13-7-4-5-8-13/h13-14H,1-12H2,(H2,16,17). The maximum Gasteiger partial charge on any atom is 0.0968 e. The summed E-state index contributed by atoms with van der Waals surface area (Å²) in [4.78, 5) is 4.60. The van der Waals surface area contributed by atoms with Crippen LogP contribution in [0.3, 0.4) is 0 Å². The van der Waals surface area contributed by atoms with Crippen molar-refractivity contribution in [1.82, 2.24) is 0 Å². The fourth-order valence-corrected chi connectivity index (χ4v) is 3.41. The van der Waals surface area contributed by atoms with Crippen LogP contribution in [0.5, 0.6) is 0 Å². The largest absolute Gasteiger partial charge is 0.387 e. The zero-order chi connectivity index (χ0) is 11.9. The lowest BCUT2D eigenvalue weighted by Gasteiger charge is -2.20. The molecule has 0 unspecified atom stereocenters. The highest BCUT2D eigenvalue weighted by molar-refractivity contribution is 5.82. The van der Waals surface area contributed by atoms with Crippen molar-refractivity contribution >= 4 is 5.84 Å². The van der Waals surface area contributed by atoms with Gasteiger partial charge in [-0.25, -0.2) is 0 Å². The Hall–Kier alpha value is -0.530. The highest BCUT2D eigenvalue weighted by Gasteiger charge is 2.17. The number of hydrogen-bond donors (Lipinski definition) is 1. The van der Waals surface area contributed by atoms with Crippen LogP contribution in [0.15, 0.2) is 4.99 Å². The molecule has 2 nitrogen and oxygen atoms in total. The Morgan fingerprint density at radius 1 is 0.941 bits per heavy atom. The van der Waals surface area contributed by atoms with Crippen molar-refractivity contribution in [3.8, 4) is 0 Å². The normalized spacial score (nSPS) is 24.4. The van der Waals surface area contributed by atoms with Gasteiger partial charge >= 0.3 is 0 Å². The zero-order valence-electron chi connectivity index (χ0n) is 11.2. The summed E-state index contributed by atoms with van der Waals surface area (Å²) in [6.45, 7) is 0.971. The quantitative estimate of drug-likeness (QED) is 0.439. The molecule has 2 saturated carbocycles. The van der Waals surface area contributed by atoms with Crippen LogP contribution in [0.2, 0.25) is 0 Å². The number of amidine groups is 1. The third-order valence-corrected chi connectivity index (χ3v) is 4.56. The summed E-state index contributed by atoms with van der Waals surface area (Å²) in [5.74, 6) is 2.56. The molecule has 0 aromatic carbocycles. The smallest absolute Gasteiger partial charge is 0.0968 e. The van der Waals surface area contributed by atoms with Gasteiger partial charge < -0.3 is 5.73 Å². The van der Waals surface area contributed by atoms with Gasteiger partial charge in [0, 0.05) is 12.5 Å². The highest BCUT2D eigenvalue weighted by Crippen LogP contribution is 2.28. The summed E-state index contributed by atoms with van der Waals surface area (Å²) in [7, 11) is 0. The molecule has 0 bridgehead atoms. The van der Waals surface area contributed by atoms with Crippen LogP contribution in [-0.4, -0.2) is 12.4 Å². The van der Waals surface area contributed by atoms with Gasteiger partial charge in [0.15, 0.2) is 0 Å². The van der Waals surface area contributed by atoms with Gasteiger partial charge in [0.2, 0.25) is 0 Å². The lowest BCUT2D eigenvalue weighted by atomic mass is 9.88. The molecule has 0 heterocycles. The molecular weight excluding hydrogens is 208 g/mol. The maximum absolute atomic E-state index is 6.09. The van der Waals surface area contributed by atoms with Gasteiger partial charge in [0.1, 0.15) is 0 Å². The van der Waals surface area contributed by atoms with Gasteiger partial charge in [-0.05, 0) is 31.6 Å². The molecule has 17 heavy (non-hydrogen) atoms. The fraction of sp³-hybridized carbons (Fsp3) is 0.933. The molecule has 2 aliphatic carbocycles. The monoisotopic (exact) mass is 236 g/mol. The number of hydrogen-bond acceptors (Lipinski definition) is 1. The highest BCUT2D eigenvalue weighted by atomic mass is 14.9. The molecule has 0 aromatic rings. The third kappa shape index (κ3) is 4.33. The molecule has 0 saturated heterocycles. The molecule has 98 valence electrons. The van der Waals surface area contributed by atoms with Gasteiger partial charge in [0.05, 0.1) is 5.84 Å². The predicted octanol–water partition coefficient (Wildman–Crippen LogP) is 3.89. The minimum absolute atomic E-state index is 0.607. The first-order chi connectivity index (χ1) is 8.36. The van der Waals surface area contributed by atoms with Crippen LogP contribution >= 0.6 is 0 Å². The summed E-state index contributed by atoms with van der Waals surface area (Å²) in [6.07, 6.45) is 15.1. The molecule has 0 amide bonds. The van der Waals surface area contributed by atoms with Crippen molar-refractivity contribution in [2.24, 2.45) is 22.6 Å². The second kappa shape index (κ2) is 7.03. The Morgan fingerprint density at radius 3 is 2.29 bits per heavy atom. The lowest BCUT2D eigenvalue weighted by Crippen LogP contribution is -2.26. The fourth-order valence-electron chi connectivity index (χ4n) is 3.41. The molecule has 0 spiro atoms. The van der Waals surface area contributed by atoms with E-state index in [9.17, 15) is 0 Å². The van der Waals surface area contributed by atoms with E-state index in [1.165, 1.54) is 70.6 Å². The van der Waals surface area contributed by atoms with E-state index in [0.717, 1.165) is 18.3 Å². The third-order valence-electron chi connectivity index (χ3n) is 4.56. The maximum atomic E-state index is 6.09. The first-order valence-corrected chi connectivity index (χ1v) is 7.66. The zero-order valence-corrected chi connectivity index (χ0v) is 11.2. The van der Waals surface area contributed by atoms with Crippen molar-refractivity contribution in [2.75, 3.05) is 6.54 Å². The van der Waals surface area contributed by atoms with Crippen LogP contribution in [0.25, 0.3) is 0 Å².